The van der Waals surface area contributed by atoms with Crippen LogP contribution in [0.15, 0.2) is 39.9 Å². The smallest absolute Gasteiger partial charge is 0.310 e. The van der Waals surface area contributed by atoms with Gasteiger partial charge in [-0.3, -0.25) is 4.79 Å². The third-order valence-electron chi connectivity index (χ3n) is 3.35. The maximum absolute atomic E-state index is 12.7. The first-order chi connectivity index (χ1) is 9.95. The Balaban J connectivity index is 1.98. The molecule has 2 aromatic rings. The fourth-order valence-electron chi connectivity index (χ4n) is 2.05. The minimum atomic E-state index is -9.70. The van der Waals surface area contributed by atoms with Crippen LogP contribution in [0.5, 0.6) is 0 Å². The van der Waals surface area contributed by atoms with Crippen molar-refractivity contribution in [3.63, 3.8) is 0 Å². The number of hydrogen-bond donors (Lipinski definition) is 0. The van der Waals surface area contributed by atoms with Gasteiger partial charge in [-0.25, -0.2) is 0 Å². The number of rotatable bonds is 4. The highest BCUT2D eigenvalue weighted by molar-refractivity contribution is 8.45. The second-order valence-electron chi connectivity index (χ2n) is 5.20. The van der Waals surface area contributed by atoms with E-state index >= 15 is 0 Å². The molecule has 3 nitrogen and oxygen atoms in total. The topological polar surface area (TPSA) is 43.1 Å². The number of nitrogens with zero attached hydrogens (tertiary/aromatic N) is 1. The summed E-state index contributed by atoms with van der Waals surface area (Å²) in [5.41, 5.74) is 0.245. The average Bonchev–Trinajstić information content (AvgIpc) is 3.13. The largest absolute Gasteiger partial charge is 0.356 e. The second kappa shape index (κ2) is 3.89. The molecule has 120 valence electrons. The molecule has 1 fully saturated rings. The molecule has 1 aliphatic rings. The fraction of sp³-hybridized carbons (Fsp3) is 0.231. The number of hydrogen-bond acceptors (Lipinski definition) is 3. The first-order valence-corrected chi connectivity index (χ1v) is 8.24. The van der Waals surface area contributed by atoms with Crippen LogP contribution in [0, 0.1) is 5.92 Å². The summed E-state index contributed by atoms with van der Waals surface area (Å²) in [6, 6.07) is 2.25. The SMILES string of the molecule is O=C(c1cnoc1-c1ccc(S(F)(F)(F)(F)F)cc1)C1CC1. The Labute approximate surface area is 121 Å². The summed E-state index contributed by atoms with van der Waals surface area (Å²) in [7, 11) is -9.70. The van der Waals surface area contributed by atoms with E-state index in [1.54, 1.807) is 0 Å². The molecule has 1 aliphatic carbocycles. The van der Waals surface area contributed by atoms with Crippen LogP contribution in [0.25, 0.3) is 11.3 Å². The van der Waals surface area contributed by atoms with Gasteiger partial charge in [0.15, 0.2) is 11.5 Å². The normalized spacial score (nSPS) is 18.6. The predicted octanol–water partition coefficient (Wildman–Crippen LogP) is 5.59. The van der Waals surface area contributed by atoms with Crippen molar-refractivity contribution in [3.05, 3.63) is 36.0 Å². The summed E-state index contributed by atoms with van der Waals surface area (Å²) < 4.78 is 68.2. The molecular weight excluding hydrogens is 329 g/mol. The second-order valence-corrected chi connectivity index (χ2v) is 7.61. The van der Waals surface area contributed by atoms with Crippen LogP contribution in [0.2, 0.25) is 0 Å². The van der Waals surface area contributed by atoms with Crippen molar-refractivity contribution in [1.82, 2.24) is 5.16 Å². The third kappa shape index (κ3) is 2.85. The molecule has 0 spiro atoms. The monoisotopic (exact) mass is 339 g/mol. The van der Waals surface area contributed by atoms with Crippen molar-refractivity contribution < 1.29 is 28.7 Å². The molecule has 1 aromatic carbocycles. The molecule has 9 heteroatoms. The van der Waals surface area contributed by atoms with E-state index in [-0.39, 0.29) is 40.7 Å². The molecule has 22 heavy (non-hydrogen) atoms. The summed E-state index contributed by atoms with van der Waals surface area (Å²) in [5.74, 6) is -0.333. The van der Waals surface area contributed by atoms with Gasteiger partial charge in [-0.1, -0.05) is 24.6 Å². The lowest BCUT2D eigenvalue weighted by Crippen LogP contribution is -2.05. The van der Waals surface area contributed by atoms with Gasteiger partial charge in [-0.2, -0.15) is 0 Å². The zero-order chi connectivity index (χ0) is 16.2. The third-order valence-corrected chi connectivity index (χ3v) is 4.51. The lowest BCUT2D eigenvalue weighted by Gasteiger charge is -2.40. The molecule has 0 bridgehead atoms. The predicted molar refractivity (Wildman–Crippen MR) is 70.4 cm³/mol. The Morgan fingerprint density at radius 1 is 1.09 bits per heavy atom. The van der Waals surface area contributed by atoms with Crippen molar-refractivity contribution in [2.24, 2.45) is 5.92 Å². The maximum atomic E-state index is 12.7. The van der Waals surface area contributed by atoms with Crippen LogP contribution in [-0.2, 0) is 0 Å². The van der Waals surface area contributed by atoms with Gasteiger partial charge in [0.25, 0.3) is 0 Å². The quantitative estimate of drug-likeness (QED) is 0.538. The Hall–Kier alpha value is -1.90. The van der Waals surface area contributed by atoms with E-state index in [9.17, 15) is 24.2 Å². The number of Topliss-reactive ketones (excluding diaryl/α,β-unsaturated/α-hetero) is 1. The molecular formula is C13H10F5NO2S. The first kappa shape index (κ1) is 15.0. The highest BCUT2D eigenvalue weighted by Crippen LogP contribution is 3.02. The first-order valence-electron chi connectivity index (χ1n) is 6.29. The van der Waals surface area contributed by atoms with Crippen molar-refractivity contribution in [1.29, 1.82) is 0 Å². The van der Waals surface area contributed by atoms with Gasteiger partial charge in [0.05, 0.1) is 11.8 Å². The van der Waals surface area contributed by atoms with E-state index in [0.29, 0.717) is 0 Å². The Morgan fingerprint density at radius 2 is 1.68 bits per heavy atom. The van der Waals surface area contributed by atoms with Gasteiger partial charge in [0, 0.05) is 11.5 Å². The number of ketones is 1. The molecule has 0 unspecified atom stereocenters. The molecule has 0 atom stereocenters. The molecule has 0 aliphatic heterocycles. The molecule has 3 rings (SSSR count). The molecule has 0 amide bonds. The molecule has 0 radical (unpaired) electrons. The Kier molecular flexibility index (Phi) is 2.66. The van der Waals surface area contributed by atoms with Crippen LogP contribution in [0.3, 0.4) is 0 Å². The minimum absolute atomic E-state index is 0.00870. The van der Waals surface area contributed by atoms with E-state index in [4.69, 9.17) is 4.52 Å². The van der Waals surface area contributed by atoms with E-state index in [1.165, 1.54) is 6.20 Å². The number of benzene rings is 1. The number of carbonyl (C=O) groups is 1. The zero-order valence-electron chi connectivity index (χ0n) is 10.9. The van der Waals surface area contributed by atoms with E-state index in [2.05, 4.69) is 5.16 Å². The summed E-state index contributed by atoms with van der Waals surface area (Å²) in [5, 5.41) is 3.47. The maximum Gasteiger partial charge on any atom is 0.310 e. The van der Waals surface area contributed by atoms with Gasteiger partial charge >= 0.3 is 10.2 Å². The van der Waals surface area contributed by atoms with Crippen LogP contribution < -0.4 is 0 Å². The molecule has 0 saturated heterocycles. The zero-order valence-corrected chi connectivity index (χ0v) is 11.8. The van der Waals surface area contributed by atoms with Gasteiger partial charge in [-0.15, -0.1) is 0 Å². The number of carbonyl (C=O) groups excluding carboxylic acids is 1. The van der Waals surface area contributed by atoms with E-state index in [0.717, 1.165) is 25.0 Å². The van der Waals surface area contributed by atoms with Crippen molar-refractivity contribution in [2.75, 3.05) is 0 Å². The highest BCUT2D eigenvalue weighted by Gasteiger charge is 2.65. The lowest BCUT2D eigenvalue weighted by atomic mass is 10.0. The number of aromatic nitrogens is 1. The summed E-state index contributed by atoms with van der Waals surface area (Å²) >= 11 is 0. The van der Waals surface area contributed by atoms with Crippen molar-refractivity contribution in [3.8, 4) is 11.3 Å². The minimum Gasteiger partial charge on any atom is -0.356 e. The molecule has 0 N–H and O–H groups in total. The van der Waals surface area contributed by atoms with Crippen LogP contribution >= 0.6 is 10.2 Å². The summed E-state index contributed by atoms with van der Waals surface area (Å²) in [6.07, 6.45) is 2.67. The van der Waals surface area contributed by atoms with Gasteiger partial charge in [0.1, 0.15) is 4.90 Å². The Morgan fingerprint density at radius 3 is 2.18 bits per heavy atom. The number of halogens is 5. The van der Waals surface area contributed by atoms with E-state index < -0.39 is 15.1 Å². The molecule has 1 aromatic heterocycles. The average molecular weight is 339 g/mol. The lowest BCUT2D eigenvalue weighted by molar-refractivity contribution is 0.0968. The van der Waals surface area contributed by atoms with Crippen molar-refractivity contribution >= 4 is 16.0 Å². The van der Waals surface area contributed by atoms with Crippen molar-refractivity contribution in [2.45, 2.75) is 17.7 Å². The van der Waals surface area contributed by atoms with Crippen LogP contribution in [0.4, 0.5) is 19.4 Å². The van der Waals surface area contributed by atoms with Crippen LogP contribution in [-0.4, -0.2) is 10.9 Å². The molecule has 1 saturated carbocycles. The van der Waals surface area contributed by atoms with Gasteiger partial charge in [0.2, 0.25) is 0 Å². The van der Waals surface area contributed by atoms with Gasteiger partial charge in [-0.05, 0) is 37.1 Å². The fourth-order valence-corrected chi connectivity index (χ4v) is 2.70. The van der Waals surface area contributed by atoms with Gasteiger partial charge < -0.3 is 4.52 Å². The Bertz CT molecular complexity index is 747. The van der Waals surface area contributed by atoms with Crippen LogP contribution in [0.1, 0.15) is 23.2 Å². The summed E-state index contributed by atoms with van der Waals surface area (Å²) in [4.78, 5) is 10.0. The summed E-state index contributed by atoms with van der Waals surface area (Å²) in [6.45, 7) is 0. The molecule has 1 heterocycles. The van der Waals surface area contributed by atoms with E-state index in [1.807, 2.05) is 0 Å². The standard InChI is InChI=1S/C13H10F5NO2S/c14-22(15,16,17,18)10-5-3-9(4-6-10)13-11(7-19-21-13)12(20)8-1-2-8/h3-8H,1-2H2. The highest BCUT2D eigenvalue weighted by atomic mass is 32.5.